The Morgan fingerprint density at radius 2 is 1.30 bits per heavy atom. The third-order valence-corrected chi connectivity index (χ3v) is 6.28. The number of aliphatic hydroxyl groups is 6. The summed E-state index contributed by atoms with van der Waals surface area (Å²) in [6.07, 6.45) is -15.7. The summed E-state index contributed by atoms with van der Waals surface area (Å²) in [7, 11) is 0. The second kappa shape index (κ2) is 10.8. The summed E-state index contributed by atoms with van der Waals surface area (Å²) < 4.78 is 21.9. The molecule has 2 heterocycles. The lowest BCUT2D eigenvalue weighted by Gasteiger charge is -2.45. The first-order chi connectivity index (χ1) is 15.5. The Hall–Kier alpha value is -0.890. The van der Waals surface area contributed by atoms with Crippen LogP contribution >= 0.6 is 0 Å². The molecule has 0 aromatic heterocycles. The fraction of sp³-hybridized carbons (Fsp3) is 0.944. The average molecular weight is 482 g/mol. The summed E-state index contributed by atoms with van der Waals surface area (Å²) in [4.78, 5) is 13.1. The van der Waals surface area contributed by atoms with E-state index in [1.807, 2.05) is 0 Å². The summed E-state index contributed by atoms with van der Waals surface area (Å²) >= 11 is 0. The van der Waals surface area contributed by atoms with Gasteiger partial charge in [-0.05, 0) is 6.42 Å². The maximum Gasteiger partial charge on any atom is 0.193 e. The molecule has 3 fully saturated rings. The van der Waals surface area contributed by atoms with Crippen molar-refractivity contribution in [3.8, 4) is 0 Å². The highest BCUT2D eigenvalue weighted by Gasteiger charge is 2.51. The molecule has 0 amide bonds. The van der Waals surface area contributed by atoms with E-state index >= 15 is 0 Å². The smallest absolute Gasteiger partial charge is 0.193 e. The lowest BCUT2D eigenvalue weighted by molar-refractivity contribution is -0.310. The van der Waals surface area contributed by atoms with Crippen LogP contribution in [0.4, 0.5) is 0 Å². The molecule has 33 heavy (non-hydrogen) atoms. The number of hydrogen-bond acceptors (Lipinski definition) is 15. The number of carbonyl (C=O) groups excluding carboxylic acids is 1. The highest BCUT2D eigenvalue weighted by atomic mass is 16.7. The van der Waals surface area contributed by atoms with Gasteiger partial charge < -0.3 is 72.5 Å². The Morgan fingerprint density at radius 1 is 0.788 bits per heavy atom. The van der Waals surface area contributed by atoms with Crippen molar-refractivity contribution >= 4 is 5.78 Å². The predicted octanol–water partition coefficient (Wildman–Crippen LogP) is -7.08. The summed E-state index contributed by atoms with van der Waals surface area (Å²) in [5.41, 5.74) is 23.3. The van der Waals surface area contributed by atoms with E-state index in [1.165, 1.54) is 0 Å². The summed E-state index contributed by atoms with van der Waals surface area (Å²) in [6.45, 7) is -0.808. The molecule has 0 radical (unpaired) electrons. The zero-order valence-electron chi connectivity index (χ0n) is 17.7. The zero-order valence-corrected chi connectivity index (χ0v) is 17.7. The van der Waals surface area contributed by atoms with Crippen molar-refractivity contribution in [2.75, 3.05) is 13.2 Å². The fourth-order valence-electron chi connectivity index (χ4n) is 4.22. The minimum atomic E-state index is -1.70. The van der Waals surface area contributed by atoms with Crippen LogP contribution in [0.15, 0.2) is 0 Å². The number of hydrogen-bond donors (Lipinski definition) is 10. The Bertz CT molecular complexity index is 621. The summed E-state index contributed by atoms with van der Waals surface area (Å²) in [6, 6.07) is -3.09. The molecule has 0 aromatic carbocycles. The first-order valence-corrected chi connectivity index (χ1v) is 10.6. The maximum atomic E-state index is 13.1. The average Bonchev–Trinajstić information content (AvgIpc) is 2.79. The Labute approximate surface area is 189 Å². The standard InChI is InChI=1S/C18H34N4O11/c19-2-6-10(25)12(27)13(28)18(30-6)33-16-5(21)1-4(20)15(14(16)29)32-17-11(26)8(22)9(24)7(3-23)31-17/h4-13,15-18,23-28H,1-3,19-22H2/t4-,5+,6-,7-,8+,9-,10-,11-,12+,13-,15+,16-,17-,18-/m1/s1. The predicted molar refractivity (Wildman–Crippen MR) is 107 cm³/mol. The molecule has 14 N–H and O–H groups in total. The van der Waals surface area contributed by atoms with E-state index in [4.69, 9.17) is 41.9 Å². The topological polar surface area (TPSA) is 279 Å². The van der Waals surface area contributed by atoms with E-state index in [0.29, 0.717) is 0 Å². The van der Waals surface area contributed by atoms with Gasteiger partial charge in [-0.25, -0.2) is 0 Å². The molecular formula is C18H34N4O11. The normalized spacial score (nSPS) is 51.5. The molecule has 2 saturated heterocycles. The highest BCUT2D eigenvalue weighted by Crippen LogP contribution is 2.29. The third kappa shape index (κ3) is 5.21. The number of ketones is 1. The largest absolute Gasteiger partial charge is 0.394 e. The molecule has 1 saturated carbocycles. The van der Waals surface area contributed by atoms with Crippen LogP contribution in [0.5, 0.6) is 0 Å². The first kappa shape index (κ1) is 26.7. The number of carbonyl (C=O) groups is 1. The molecule has 15 nitrogen and oxygen atoms in total. The van der Waals surface area contributed by atoms with E-state index in [-0.39, 0.29) is 13.0 Å². The molecule has 0 spiro atoms. The van der Waals surface area contributed by atoms with Crippen LogP contribution in [-0.2, 0) is 23.7 Å². The van der Waals surface area contributed by atoms with Gasteiger partial charge in [-0.1, -0.05) is 0 Å². The van der Waals surface area contributed by atoms with Gasteiger partial charge >= 0.3 is 0 Å². The summed E-state index contributed by atoms with van der Waals surface area (Å²) in [5.74, 6) is -0.752. The number of ether oxygens (including phenoxy) is 4. The molecule has 0 unspecified atom stereocenters. The SMILES string of the molecule is NC[C@H]1O[C@H](O[C@H]2C(=O)[C@@H](O[C@H]3O[C@H](CO)[C@@H](O)[C@H](N)[C@H]3O)[C@H](N)C[C@@H]2N)[C@H](O)[C@@H](O)[C@@H]1O. The van der Waals surface area contributed by atoms with Crippen LogP contribution < -0.4 is 22.9 Å². The molecule has 3 rings (SSSR count). The molecule has 15 heteroatoms. The van der Waals surface area contributed by atoms with Gasteiger partial charge in [0.2, 0.25) is 0 Å². The van der Waals surface area contributed by atoms with Crippen molar-refractivity contribution in [2.45, 2.75) is 92.1 Å². The number of rotatable bonds is 6. The number of nitrogens with two attached hydrogens (primary N) is 4. The summed E-state index contributed by atoms with van der Waals surface area (Å²) in [5, 5.41) is 59.8. The number of aliphatic hydroxyl groups excluding tert-OH is 6. The van der Waals surface area contributed by atoms with E-state index in [0.717, 1.165) is 0 Å². The van der Waals surface area contributed by atoms with Crippen LogP contribution in [-0.4, -0.2) is 135 Å². The Kier molecular flexibility index (Phi) is 8.74. The molecule has 0 aromatic rings. The van der Waals surface area contributed by atoms with Gasteiger partial charge in [-0.3, -0.25) is 4.79 Å². The van der Waals surface area contributed by atoms with Gasteiger partial charge in [0.1, 0.15) is 54.9 Å². The van der Waals surface area contributed by atoms with Crippen molar-refractivity contribution in [1.29, 1.82) is 0 Å². The Morgan fingerprint density at radius 3 is 1.82 bits per heavy atom. The van der Waals surface area contributed by atoms with Gasteiger partial charge in [0, 0.05) is 18.6 Å². The van der Waals surface area contributed by atoms with Gasteiger partial charge in [-0.15, -0.1) is 0 Å². The van der Waals surface area contributed by atoms with Gasteiger partial charge in [-0.2, -0.15) is 0 Å². The van der Waals surface area contributed by atoms with Crippen molar-refractivity contribution in [3.05, 3.63) is 0 Å². The zero-order chi connectivity index (χ0) is 24.6. The monoisotopic (exact) mass is 482 g/mol. The second-order valence-electron chi connectivity index (χ2n) is 8.61. The van der Waals surface area contributed by atoms with Gasteiger partial charge in [0.25, 0.3) is 0 Å². The highest BCUT2D eigenvalue weighted by molar-refractivity contribution is 5.90. The fourth-order valence-corrected chi connectivity index (χ4v) is 4.22. The molecular weight excluding hydrogens is 448 g/mol. The Balaban J connectivity index is 1.73. The molecule has 1 aliphatic carbocycles. The first-order valence-electron chi connectivity index (χ1n) is 10.6. The molecule has 3 aliphatic rings. The lowest BCUT2D eigenvalue weighted by atomic mass is 9.85. The lowest BCUT2D eigenvalue weighted by Crippen LogP contribution is -2.67. The quantitative estimate of drug-likeness (QED) is 0.168. The van der Waals surface area contributed by atoms with Crippen LogP contribution in [0, 0.1) is 0 Å². The second-order valence-corrected chi connectivity index (χ2v) is 8.61. The van der Waals surface area contributed by atoms with Crippen LogP contribution in [0.25, 0.3) is 0 Å². The number of Topliss-reactive ketones (excluding diaryl/α,β-unsaturated/α-hetero) is 1. The molecule has 192 valence electrons. The van der Waals surface area contributed by atoms with E-state index < -0.39 is 98.0 Å². The van der Waals surface area contributed by atoms with Crippen molar-refractivity contribution < 1.29 is 54.4 Å². The third-order valence-electron chi connectivity index (χ3n) is 6.28. The van der Waals surface area contributed by atoms with Gasteiger partial charge in [0.15, 0.2) is 18.4 Å². The molecule has 2 aliphatic heterocycles. The van der Waals surface area contributed by atoms with E-state index in [1.54, 1.807) is 0 Å². The van der Waals surface area contributed by atoms with Crippen LogP contribution in [0.1, 0.15) is 6.42 Å². The molecule has 14 atom stereocenters. The van der Waals surface area contributed by atoms with Crippen molar-refractivity contribution in [2.24, 2.45) is 22.9 Å². The van der Waals surface area contributed by atoms with Crippen LogP contribution in [0.3, 0.4) is 0 Å². The maximum absolute atomic E-state index is 13.1. The van der Waals surface area contributed by atoms with Crippen LogP contribution in [0.2, 0.25) is 0 Å². The van der Waals surface area contributed by atoms with Crippen molar-refractivity contribution in [1.82, 2.24) is 0 Å². The van der Waals surface area contributed by atoms with Gasteiger partial charge in [0.05, 0.1) is 12.6 Å². The minimum absolute atomic E-state index is 0.0241. The van der Waals surface area contributed by atoms with E-state index in [9.17, 15) is 35.4 Å². The van der Waals surface area contributed by atoms with E-state index in [2.05, 4.69) is 0 Å². The minimum Gasteiger partial charge on any atom is -0.394 e. The molecule has 0 bridgehead atoms. The van der Waals surface area contributed by atoms with Crippen molar-refractivity contribution in [3.63, 3.8) is 0 Å².